The second kappa shape index (κ2) is 18.6. The first-order chi connectivity index (χ1) is 17.9. The number of hydrogen-bond acceptors (Lipinski definition) is 4. The van der Waals surface area contributed by atoms with Crippen molar-refractivity contribution >= 4 is 16.7 Å². The van der Waals surface area contributed by atoms with Crippen LogP contribution in [0.15, 0.2) is 60.9 Å². The minimum Gasteiger partial charge on any atom is -0.494 e. The number of anilines is 1. The van der Waals surface area contributed by atoms with E-state index in [1.165, 1.54) is 103 Å². The first kappa shape index (κ1) is 28.0. The van der Waals surface area contributed by atoms with Crippen LogP contribution in [-0.2, 0) is 0 Å². The lowest BCUT2D eigenvalue weighted by Gasteiger charge is -2.08. The molecule has 4 nitrogen and oxygen atoms in total. The number of ether oxygens (including phenoxy) is 1. The van der Waals surface area contributed by atoms with Crippen molar-refractivity contribution in [3.8, 4) is 5.75 Å². The fourth-order valence-corrected chi connectivity index (χ4v) is 4.76. The maximum atomic E-state index is 5.76. The minimum atomic E-state index is 0.850. The Morgan fingerprint density at radius 1 is 0.528 bits per heavy atom. The summed E-state index contributed by atoms with van der Waals surface area (Å²) in [6.07, 6.45) is 23.4. The molecule has 36 heavy (non-hydrogen) atoms. The van der Waals surface area contributed by atoms with Gasteiger partial charge in [0.25, 0.3) is 0 Å². The molecule has 3 aromatic rings. The van der Waals surface area contributed by atoms with E-state index in [0.717, 1.165) is 35.6 Å². The maximum Gasteiger partial charge on any atom is 0.137 e. The molecule has 0 aliphatic carbocycles. The molecular formula is C32H47N3O. The molecule has 0 saturated heterocycles. The number of fused-ring (bicyclic) bond motifs is 1. The van der Waals surface area contributed by atoms with Crippen LogP contribution in [0.1, 0.15) is 103 Å². The van der Waals surface area contributed by atoms with Crippen LogP contribution in [0.5, 0.6) is 5.75 Å². The Hall–Kier alpha value is -2.62. The summed E-state index contributed by atoms with van der Waals surface area (Å²) in [5.41, 5.74) is 1.01. The normalized spacial score (nSPS) is 11.1. The van der Waals surface area contributed by atoms with Gasteiger partial charge in [0.15, 0.2) is 0 Å². The summed E-state index contributed by atoms with van der Waals surface area (Å²) in [6, 6.07) is 18.3. The van der Waals surface area contributed by atoms with E-state index in [0.29, 0.717) is 0 Å². The quantitative estimate of drug-likeness (QED) is 0.151. The Labute approximate surface area is 219 Å². The van der Waals surface area contributed by atoms with E-state index in [4.69, 9.17) is 4.74 Å². The Morgan fingerprint density at radius 3 is 1.69 bits per heavy atom. The number of hydrogen-bond donors (Lipinski definition) is 1. The number of nitrogens with one attached hydrogen (secondary N) is 1. The molecule has 1 heterocycles. The van der Waals surface area contributed by atoms with Crippen LogP contribution in [-0.4, -0.2) is 23.1 Å². The van der Waals surface area contributed by atoms with E-state index < -0.39 is 0 Å². The summed E-state index contributed by atoms with van der Waals surface area (Å²) >= 11 is 0. The monoisotopic (exact) mass is 489 g/mol. The predicted octanol–water partition coefficient (Wildman–Crippen LogP) is 9.36. The zero-order valence-electron chi connectivity index (χ0n) is 22.3. The Morgan fingerprint density at radius 2 is 1.06 bits per heavy atom. The van der Waals surface area contributed by atoms with Gasteiger partial charge in [-0.15, -0.1) is 0 Å². The van der Waals surface area contributed by atoms with Crippen LogP contribution in [0, 0.1) is 0 Å². The van der Waals surface area contributed by atoms with Gasteiger partial charge < -0.3 is 10.1 Å². The smallest absolute Gasteiger partial charge is 0.137 e. The van der Waals surface area contributed by atoms with Gasteiger partial charge in [0.2, 0.25) is 0 Å². The fourth-order valence-electron chi connectivity index (χ4n) is 4.76. The zero-order valence-corrected chi connectivity index (χ0v) is 22.3. The number of nitrogens with zero attached hydrogens (tertiary/aromatic N) is 2. The maximum absolute atomic E-state index is 5.76. The third kappa shape index (κ3) is 11.9. The number of benzene rings is 2. The number of aromatic nitrogens is 2. The van der Waals surface area contributed by atoms with Crippen molar-refractivity contribution in [3.05, 3.63) is 60.9 Å². The highest BCUT2D eigenvalue weighted by molar-refractivity contribution is 5.88. The van der Waals surface area contributed by atoms with Crippen LogP contribution in [0.3, 0.4) is 0 Å². The van der Waals surface area contributed by atoms with Crippen LogP contribution in [0.25, 0.3) is 10.9 Å². The largest absolute Gasteiger partial charge is 0.494 e. The summed E-state index contributed by atoms with van der Waals surface area (Å²) in [4.78, 5) is 8.73. The molecule has 3 rings (SSSR count). The Balaban J connectivity index is 1.01. The summed E-state index contributed by atoms with van der Waals surface area (Å²) in [7, 11) is 0. The molecule has 0 saturated carbocycles. The highest BCUT2D eigenvalue weighted by Crippen LogP contribution is 2.19. The third-order valence-corrected chi connectivity index (χ3v) is 6.92. The molecule has 0 aliphatic rings. The molecule has 0 amide bonds. The molecule has 1 N–H and O–H groups in total. The van der Waals surface area contributed by atoms with Crippen molar-refractivity contribution < 1.29 is 4.74 Å². The molecule has 0 unspecified atom stereocenters. The number of unbranched alkanes of at least 4 members (excludes halogenated alkanes) is 15. The SMILES string of the molecule is c1ccc(OCCCCCCCCCCCCCCCCCCNc2ncnc3ccccc23)cc1. The van der Waals surface area contributed by atoms with E-state index in [9.17, 15) is 0 Å². The van der Waals surface area contributed by atoms with Crippen LogP contribution < -0.4 is 10.1 Å². The van der Waals surface area contributed by atoms with Gasteiger partial charge in [-0.3, -0.25) is 0 Å². The van der Waals surface area contributed by atoms with Crippen molar-refractivity contribution in [2.24, 2.45) is 0 Å². The van der Waals surface area contributed by atoms with E-state index in [2.05, 4.69) is 21.4 Å². The van der Waals surface area contributed by atoms with Crippen molar-refractivity contribution in [2.45, 2.75) is 103 Å². The standard InChI is InChI=1S/C32H47N3O/c1(2-4-6-8-10-12-14-21-27-36-29-22-16-15-17-23-29)3-5-7-9-11-13-20-26-33-32-30-24-18-19-25-31(30)34-28-35-32/h15-19,22-25,28H,1-14,20-21,26-27H2,(H,33,34,35). The first-order valence-corrected chi connectivity index (χ1v) is 14.5. The van der Waals surface area contributed by atoms with E-state index >= 15 is 0 Å². The van der Waals surface area contributed by atoms with Gasteiger partial charge in [0, 0.05) is 11.9 Å². The third-order valence-electron chi connectivity index (χ3n) is 6.92. The lowest BCUT2D eigenvalue weighted by molar-refractivity contribution is 0.304. The van der Waals surface area contributed by atoms with Crippen molar-refractivity contribution in [2.75, 3.05) is 18.5 Å². The van der Waals surface area contributed by atoms with Crippen molar-refractivity contribution in [3.63, 3.8) is 0 Å². The summed E-state index contributed by atoms with van der Waals surface area (Å²) in [5.74, 6) is 1.96. The highest BCUT2D eigenvalue weighted by Gasteiger charge is 2.01. The summed E-state index contributed by atoms with van der Waals surface area (Å²) in [6.45, 7) is 1.84. The zero-order chi connectivity index (χ0) is 24.9. The van der Waals surface area contributed by atoms with Gasteiger partial charge in [0.1, 0.15) is 17.9 Å². The topological polar surface area (TPSA) is 47.0 Å². The lowest BCUT2D eigenvalue weighted by Crippen LogP contribution is -2.04. The first-order valence-electron chi connectivity index (χ1n) is 14.5. The molecule has 0 aliphatic heterocycles. The fraction of sp³-hybridized carbons (Fsp3) is 0.562. The molecular weight excluding hydrogens is 442 g/mol. The number of rotatable bonds is 21. The summed E-state index contributed by atoms with van der Waals surface area (Å²) < 4.78 is 5.76. The summed E-state index contributed by atoms with van der Waals surface area (Å²) in [5, 5.41) is 4.60. The minimum absolute atomic E-state index is 0.850. The molecule has 0 spiro atoms. The average Bonchev–Trinajstić information content (AvgIpc) is 2.92. The van der Waals surface area contributed by atoms with E-state index in [-0.39, 0.29) is 0 Å². The van der Waals surface area contributed by atoms with Crippen molar-refractivity contribution in [1.82, 2.24) is 9.97 Å². The lowest BCUT2D eigenvalue weighted by atomic mass is 10.0. The van der Waals surface area contributed by atoms with Crippen molar-refractivity contribution in [1.29, 1.82) is 0 Å². The van der Waals surface area contributed by atoms with E-state index in [1.54, 1.807) is 6.33 Å². The Kier molecular flexibility index (Phi) is 14.5. The second-order valence-corrected chi connectivity index (χ2v) is 9.98. The number of para-hydroxylation sites is 2. The Bertz CT molecular complexity index is 926. The van der Waals surface area contributed by atoms with Crippen LogP contribution in [0.2, 0.25) is 0 Å². The van der Waals surface area contributed by atoms with Gasteiger partial charge in [-0.25, -0.2) is 9.97 Å². The van der Waals surface area contributed by atoms with Gasteiger partial charge in [0.05, 0.1) is 12.1 Å². The second-order valence-electron chi connectivity index (χ2n) is 9.98. The molecule has 2 aromatic carbocycles. The average molecular weight is 490 g/mol. The molecule has 0 atom stereocenters. The van der Waals surface area contributed by atoms with Gasteiger partial charge >= 0.3 is 0 Å². The van der Waals surface area contributed by atoms with E-state index in [1.807, 2.05) is 48.5 Å². The highest BCUT2D eigenvalue weighted by atomic mass is 16.5. The van der Waals surface area contributed by atoms with Crippen LogP contribution >= 0.6 is 0 Å². The molecule has 0 radical (unpaired) electrons. The molecule has 1 aromatic heterocycles. The van der Waals surface area contributed by atoms with Gasteiger partial charge in [-0.2, -0.15) is 0 Å². The predicted molar refractivity (Wildman–Crippen MR) is 154 cm³/mol. The molecule has 0 fully saturated rings. The molecule has 0 bridgehead atoms. The van der Waals surface area contributed by atoms with Crippen LogP contribution in [0.4, 0.5) is 5.82 Å². The van der Waals surface area contributed by atoms with Gasteiger partial charge in [-0.1, -0.05) is 120 Å². The van der Waals surface area contributed by atoms with Gasteiger partial charge in [-0.05, 0) is 37.1 Å². The molecule has 196 valence electrons. The molecule has 4 heteroatoms.